The lowest BCUT2D eigenvalue weighted by molar-refractivity contribution is -0.141. The van der Waals surface area contributed by atoms with Crippen molar-refractivity contribution in [2.75, 3.05) is 0 Å². The number of amides is 1. The molecular weight excluding hydrogens is 220 g/mol. The minimum atomic E-state index is -1.07. The van der Waals surface area contributed by atoms with E-state index in [0.29, 0.717) is 0 Å². The highest BCUT2D eigenvalue weighted by atomic mass is 16.4. The first-order valence-electron chi connectivity index (χ1n) is 5.57. The van der Waals surface area contributed by atoms with Crippen molar-refractivity contribution in [1.82, 2.24) is 5.32 Å². The second-order valence-corrected chi connectivity index (χ2v) is 5.16. The summed E-state index contributed by atoms with van der Waals surface area (Å²) in [6.45, 7) is 9.25. The van der Waals surface area contributed by atoms with Gasteiger partial charge in [0.25, 0.3) is 0 Å². The molecule has 0 spiro atoms. The number of carbonyl (C=O) groups excluding carboxylic acids is 1. The van der Waals surface area contributed by atoms with Gasteiger partial charge in [-0.1, -0.05) is 26.8 Å². The Hall–Kier alpha value is -1.36. The normalized spacial score (nSPS) is 14.8. The molecule has 0 saturated carbocycles. The lowest BCUT2D eigenvalue weighted by Crippen LogP contribution is -2.45. The van der Waals surface area contributed by atoms with Gasteiger partial charge in [0.1, 0.15) is 6.04 Å². The van der Waals surface area contributed by atoms with Gasteiger partial charge in [0.2, 0.25) is 5.91 Å². The summed E-state index contributed by atoms with van der Waals surface area (Å²) in [6, 6.07) is -1.23. The highest BCUT2D eigenvalue weighted by Gasteiger charge is 2.25. The average molecular weight is 242 g/mol. The first-order chi connectivity index (χ1) is 7.68. The Morgan fingerprint density at radius 2 is 2.00 bits per heavy atom. The summed E-state index contributed by atoms with van der Waals surface area (Å²) >= 11 is 0. The van der Waals surface area contributed by atoms with Crippen LogP contribution in [0.5, 0.6) is 0 Å². The zero-order chi connectivity index (χ0) is 13.6. The number of nitrogens with two attached hydrogens (primary N) is 1. The van der Waals surface area contributed by atoms with Crippen LogP contribution in [-0.2, 0) is 9.59 Å². The Balaban J connectivity index is 4.33. The fourth-order valence-electron chi connectivity index (χ4n) is 1.15. The molecule has 4 N–H and O–H groups in total. The minimum Gasteiger partial charge on any atom is -0.480 e. The highest BCUT2D eigenvalue weighted by molar-refractivity contribution is 5.83. The van der Waals surface area contributed by atoms with Crippen molar-refractivity contribution in [2.24, 2.45) is 11.1 Å². The molecule has 0 aliphatic carbocycles. The van der Waals surface area contributed by atoms with Crippen LogP contribution in [0.2, 0.25) is 0 Å². The molecule has 2 unspecified atom stereocenters. The monoisotopic (exact) mass is 242 g/mol. The number of carboxylic acid groups (broad SMARTS) is 1. The lowest BCUT2D eigenvalue weighted by atomic mass is 9.85. The zero-order valence-electron chi connectivity index (χ0n) is 10.7. The molecule has 5 nitrogen and oxygen atoms in total. The smallest absolute Gasteiger partial charge is 0.326 e. The molecule has 0 aromatic heterocycles. The number of carboxylic acids is 1. The summed E-state index contributed by atoms with van der Waals surface area (Å²) in [5, 5.41) is 11.3. The van der Waals surface area contributed by atoms with E-state index >= 15 is 0 Å². The van der Waals surface area contributed by atoms with Gasteiger partial charge >= 0.3 is 5.97 Å². The molecule has 0 heterocycles. The molecule has 0 aliphatic heterocycles. The van der Waals surface area contributed by atoms with Crippen LogP contribution in [0.25, 0.3) is 0 Å². The van der Waals surface area contributed by atoms with E-state index in [1.165, 1.54) is 6.08 Å². The predicted octanol–water partition coefficient (Wildman–Crippen LogP) is 0.895. The lowest BCUT2D eigenvalue weighted by Gasteiger charge is -2.26. The molecule has 0 fully saturated rings. The number of nitrogens with one attached hydrogen (secondary N) is 1. The van der Waals surface area contributed by atoms with Gasteiger partial charge in [0.05, 0.1) is 0 Å². The summed E-state index contributed by atoms with van der Waals surface area (Å²) in [7, 11) is 0. The van der Waals surface area contributed by atoms with Gasteiger partial charge in [-0.2, -0.15) is 0 Å². The minimum absolute atomic E-state index is 0.115. The molecule has 0 bridgehead atoms. The second-order valence-electron chi connectivity index (χ2n) is 5.16. The standard InChI is InChI=1S/C12H22N2O3/c1-5-6-8(11(16)17)14-10(15)7-9(13)12(2,3)4/h5,8-9H,1,6-7,13H2,2-4H3,(H,14,15)(H,16,17). The molecule has 0 aromatic rings. The second kappa shape index (κ2) is 6.39. The quantitative estimate of drug-likeness (QED) is 0.603. The Morgan fingerprint density at radius 3 is 2.35 bits per heavy atom. The van der Waals surface area contributed by atoms with Crippen LogP contribution in [0.4, 0.5) is 0 Å². The molecule has 0 aromatic carbocycles. The zero-order valence-corrected chi connectivity index (χ0v) is 10.7. The predicted molar refractivity (Wildman–Crippen MR) is 66.4 cm³/mol. The van der Waals surface area contributed by atoms with E-state index in [1.54, 1.807) is 0 Å². The van der Waals surface area contributed by atoms with Crippen LogP contribution < -0.4 is 11.1 Å². The molecule has 1 amide bonds. The summed E-state index contributed by atoms with van der Waals surface area (Å²) in [4.78, 5) is 22.4. The Kier molecular flexibility index (Phi) is 5.88. The third kappa shape index (κ3) is 6.06. The molecule has 17 heavy (non-hydrogen) atoms. The van der Waals surface area contributed by atoms with Crippen LogP contribution in [-0.4, -0.2) is 29.1 Å². The van der Waals surface area contributed by atoms with Crippen molar-refractivity contribution >= 4 is 11.9 Å². The van der Waals surface area contributed by atoms with E-state index in [9.17, 15) is 9.59 Å². The first kappa shape index (κ1) is 15.6. The molecule has 0 rings (SSSR count). The Morgan fingerprint density at radius 1 is 1.47 bits per heavy atom. The van der Waals surface area contributed by atoms with Crippen LogP contribution in [0.3, 0.4) is 0 Å². The van der Waals surface area contributed by atoms with E-state index < -0.39 is 12.0 Å². The molecule has 0 saturated heterocycles. The highest BCUT2D eigenvalue weighted by Crippen LogP contribution is 2.19. The number of carbonyl (C=O) groups is 2. The van der Waals surface area contributed by atoms with Crippen LogP contribution >= 0.6 is 0 Å². The summed E-state index contributed by atoms with van der Waals surface area (Å²) in [5.74, 6) is -1.41. The fourth-order valence-corrected chi connectivity index (χ4v) is 1.15. The van der Waals surface area contributed by atoms with Gasteiger partial charge < -0.3 is 16.2 Å². The maximum Gasteiger partial charge on any atom is 0.326 e. The number of aliphatic carboxylic acids is 1. The topological polar surface area (TPSA) is 92.4 Å². The number of hydrogen-bond acceptors (Lipinski definition) is 3. The fraction of sp³-hybridized carbons (Fsp3) is 0.667. The van der Waals surface area contributed by atoms with Crippen LogP contribution in [0.1, 0.15) is 33.6 Å². The van der Waals surface area contributed by atoms with Gasteiger partial charge in [-0.25, -0.2) is 4.79 Å². The molecular formula is C12H22N2O3. The first-order valence-corrected chi connectivity index (χ1v) is 5.57. The molecule has 0 radical (unpaired) electrons. The van der Waals surface area contributed by atoms with Crippen molar-refractivity contribution in [1.29, 1.82) is 0 Å². The van der Waals surface area contributed by atoms with Gasteiger partial charge in [-0.15, -0.1) is 6.58 Å². The average Bonchev–Trinajstić information content (AvgIpc) is 2.15. The van der Waals surface area contributed by atoms with E-state index in [-0.39, 0.29) is 30.2 Å². The molecule has 98 valence electrons. The largest absolute Gasteiger partial charge is 0.480 e. The van der Waals surface area contributed by atoms with E-state index in [0.717, 1.165) is 0 Å². The van der Waals surface area contributed by atoms with Crippen molar-refractivity contribution in [3.05, 3.63) is 12.7 Å². The third-order valence-corrected chi connectivity index (χ3v) is 2.55. The molecule has 5 heteroatoms. The molecule has 2 atom stereocenters. The Bertz CT molecular complexity index is 295. The summed E-state index contributed by atoms with van der Waals surface area (Å²) in [6.07, 6.45) is 1.78. The van der Waals surface area contributed by atoms with Gasteiger partial charge in [-0.05, 0) is 11.8 Å². The van der Waals surface area contributed by atoms with Gasteiger partial charge in [0, 0.05) is 12.5 Å². The molecule has 0 aliphatic rings. The Labute approximate surface area is 102 Å². The van der Waals surface area contributed by atoms with Crippen molar-refractivity contribution in [2.45, 2.75) is 45.7 Å². The van der Waals surface area contributed by atoms with Gasteiger partial charge in [0.15, 0.2) is 0 Å². The van der Waals surface area contributed by atoms with Crippen LogP contribution in [0, 0.1) is 5.41 Å². The number of hydrogen-bond donors (Lipinski definition) is 3. The van der Waals surface area contributed by atoms with Crippen molar-refractivity contribution < 1.29 is 14.7 Å². The van der Waals surface area contributed by atoms with Crippen LogP contribution in [0.15, 0.2) is 12.7 Å². The third-order valence-electron chi connectivity index (χ3n) is 2.55. The SMILES string of the molecule is C=CCC(NC(=O)CC(N)C(C)(C)C)C(=O)O. The number of rotatable bonds is 6. The van der Waals surface area contributed by atoms with E-state index in [2.05, 4.69) is 11.9 Å². The van der Waals surface area contributed by atoms with Crippen molar-refractivity contribution in [3.63, 3.8) is 0 Å². The van der Waals surface area contributed by atoms with E-state index in [1.807, 2.05) is 20.8 Å². The summed E-state index contributed by atoms with van der Waals surface area (Å²) in [5.41, 5.74) is 5.66. The maximum atomic E-state index is 11.6. The summed E-state index contributed by atoms with van der Waals surface area (Å²) < 4.78 is 0. The van der Waals surface area contributed by atoms with Crippen molar-refractivity contribution in [3.8, 4) is 0 Å². The van der Waals surface area contributed by atoms with Gasteiger partial charge in [-0.3, -0.25) is 4.79 Å². The van der Waals surface area contributed by atoms with E-state index in [4.69, 9.17) is 10.8 Å². The maximum absolute atomic E-state index is 11.6.